The molecule has 1 unspecified atom stereocenters. The first-order chi connectivity index (χ1) is 9.86. The van der Waals surface area contributed by atoms with Crippen molar-refractivity contribution in [3.63, 3.8) is 0 Å². The van der Waals surface area contributed by atoms with Crippen LogP contribution in [0.1, 0.15) is 10.4 Å². The minimum Gasteiger partial charge on any atom is -0.316 e. The molecule has 0 aliphatic carbocycles. The van der Waals surface area contributed by atoms with Gasteiger partial charge in [0.1, 0.15) is 0 Å². The van der Waals surface area contributed by atoms with E-state index in [-0.39, 0.29) is 0 Å². The predicted octanol–water partition coefficient (Wildman–Crippen LogP) is 4.27. The standard InChI is InChI=1S/C18H19NS/c1-19-16(13-17-9-5-11-20-17)12-15-8-4-7-14-6-2-3-10-18(14)15/h2-11,16,19H,12-13H2,1H3. The van der Waals surface area contributed by atoms with Gasteiger partial charge in [0.05, 0.1) is 0 Å². The number of hydrogen-bond donors (Lipinski definition) is 1. The average molecular weight is 281 g/mol. The summed E-state index contributed by atoms with van der Waals surface area (Å²) in [5.41, 5.74) is 1.43. The zero-order valence-electron chi connectivity index (χ0n) is 11.7. The van der Waals surface area contributed by atoms with Crippen LogP contribution < -0.4 is 5.32 Å². The molecule has 0 aliphatic heterocycles. The minimum absolute atomic E-state index is 0.486. The second-order valence-electron chi connectivity index (χ2n) is 5.11. The predicted molar refractivity (Wildman–Crippen MR) is 88.5 cm³/mol. The number of hydrogen-bond acceptors (Lipinski definition) is 2. The maximum absolute atomic E-state index is 3.46. The van der Waals surface area contributed by atoms with E-state index in [1.807, 2.05) is 11.3 Å². The molecule has 0 radical (unpaired) electrons. The molecule has 2 aromatic carbocycles. The van der Waals surface area contributed by atoms with Gasteiger partial charge in [-0.05, 0) is 47.7 Å². The van der Waals surface area contributed by atoms with E-state index in [4.69, 9.17) is 0 Å². The first-order valence-corrected chi connectivity index (χ1v) is 7.91. The molecule has 0 spiro atoms. The van der Waals surface area contributed by atoms with Crippen molar-refractivity contribution in [2.75, 3.05) is 7.05 Å². The molecule has 0 bridgehead atoms. The Labute approximate surface area is 124 Å². The van der Waals surface area contributed by atoms with Gasteiger partial charge in [0.25, 0.3) is 0 Å². The summed E-state index contributed by atoms with van der Waals surface area (Å²) in [5, 5.41) is 8.32. The highest BCUT2D eigenvalue weighted by Gasteiger charge is 2.11. The molecule has 2 heteroatoms. The van der Waals surface area contributed by atoms with E-state index in [1.54, 1.807) is 0 Å². The molecule has 1 aromatic heterocycles. The van der Waals surface area contributed by atoms with E-state index in [1.165, 1.54) is 21.2 Å². The lowest BCUT2D eigenvalue weighted by molar-refractivity contribution is 0.562. The summed E-state index contributed by atoms with van der Waals surface area (Å²) in [6, 6.07) is 20.1. The smallest absolute Gasteiger partial charge is 0.0153 e. The largest absolute Gasteiger partial charge is 0.316 e. The Balaban J connectivity index is 1.84. The van der Waals surface area contributed by atoms with Gasteiger partial charge in [-0.15, -0.1) is 11.3 Å². The van der Waals surface area contributed by atoms with Gasteiger partial charge < -0.3 is 5.32 Å². The van der Waals surface area contributed by atoms with Crippen LogP contribution in [0, 0.1) is 0 Å². The number of likely N-dealkylation sites (N-methyl/N-ethyl adjacent to an activating group) is 1. The Morgan fingerprint density at radius 1 is 0.950 bits per heavy atom. The Morgan fingerprint density at radius 2 is 1.80 bits per heavy atom. The summed E-state index contributed by atoms with van der Waals surface area (Å²) in [6.45, 7) is 0. The summed E-state index contributed by atoms with van der Waals surface area (Å²) >= 11 is 1.84. The molecule has 1 heterocycles. The van der Waals surface area contributed by atoms with Crippen LogP contribution in [0.25, 0.3) is 10.8 Å². The second kappa shape index (κ2) is 6.21. The maximum Gasteiger partial charge on any atom is 0.0153 e. The highest BCUT2D eigenvalue weighted by molar-refractivity contribution is 7.09. The van der Waals surface area contributed by atoms with Crippen LogP contribution in [0.3, 0.4) is 0 Å². The van der Waals surface area contributed by atoms with Crippen molar-refractivity contribution in [1.29, 1.82) is 0 Å². The molecule has 0 saturated carbocycles. The second-order valence-corrected chi connectivity index (χ2v) is 6.14. The van der Waals surface area contributed by atoms with Crippen LogP contribution in [-0.2, 0) is 12.8 Å². The lowest BCUT2D eigenvalue weighted by Crippen LogP contribution is -2.29. The summed E-state index contributed by atoms with van der Waals surface area (Å²) in [5.74, 6) is 0. The van der Waals surface area contributed by atoms with Crippen LogP contribution in [-0.4, -0.2) is 13.1 Å². The van der Waals surface area contributed by atoms with Crippen molar-refractivity contribution in [1.82, 2.24) is 5.32 Å². The van der Waals surface area contributed by atoms with Gasteiger partial charge in [-0.25, -0.2) is 0 Å². The molecule has 3 rings (SSSR count). The topological polar surface area (TPSA) is 12.0 Å². The fourth-order valence-corrected chi connectivity index (χ4v) is 3.47. The van der Waals surface area contributed by atoms with Crippen molar-refractivity contribution in [2.45, 2.75) is 18.9 Å². The number of nitrogens with one attached hydrogen (secondary N) is 1. The molecule has 3 aromatic rings. The van der Waals surface area contributed by atoms with Gasteiger partial charge in [-0.3, -0.25) is 0 Å². The fraction of sp³-hybridized carbons (Fsp3) is 0.222. The van der Waals surface area contributed by atoms with Gasteiger partial charge >= 0.3 is 0 Å². The molecule has 20 heavy (non-hydrogen) atoms. The third kappa shape index (κ3) is 2.92. The van der Waals surface area contributed by atoms with E-state index in [2.05, 4.69) is 72.3 Å². The zero-order valence-corrected chi connectivity index (χ0v) is 12.5. The van der Waals surface area contributed by atoms with Crippen LogP contribution in [0.5, 0.6) is 0 Å². The van der Waals surface area contributed by atoms with Gasteiger partial charge in [-0.1, -0.05) is 48.5 Å². The Morgan fingerprint density at radius 3 is 2.60 bits per heavy atom. The van der Waals surface area contributed by atoms with Gasteiger partial charge in [0.2, 0.25) is 0 Å². The van der Waals surface area contributed by atoms with Crippen molar-refractivity contribution in [3.8, 4) is 0 Å². The van der Waals surface area contributed by atoms with E-state index in [0.717, 1.165) is 12.8 Å². The fourth-order valence-electron chi connectivity index (χ4n) is 2.68. The molecule has 1 atom stereocenters. The monoisotopic (exact) mass is 281 g/mol. The summed E-state index contributed by atoms with van der Waals surface area (Å²) in [6.07, 6.45) is 2.16. The van der Waals surface area contributed by atoms with Gasteiger partial charge in [0.15, 0.2) is 0 Å². The number of benzene rings is 2. The lowest BCUT2D eigenvalue weighted by atomic mass is 9.97. The molecular weight excluding hydrogens is 262 g/mol. The van der Waals surface area contributed by atoms with Crippen LogP contribution in [0.4, 0.5) is 0 Å². The van der Waals surface area contributed by atoms with E-state index < -0.39 is 0 Å². The van der Waals surface area contributed by atoms with Crippen molar-refractivity contribution in [2.24, 2.45) is 0 Å². The number of fused-ring (bicyclic) bond motifs is 1. The lowest BCUT2D eigenvalue weighted by Gasteiger charge is -2.16. The molecular formula is C18H19NS. The summed E-state index contributed by atoms with van der Waals surface area (Å²) in [7, 11) is 2.06. The quantitative estimate of drug-likeness (QED) is 0.736. The van der Waals surface area contributed by atoms with Crippen molar-refractivity contribution < 1.29 is 0 Å². The normalized spacial score (nSPS) is 12.7. The SMILES string of the molecule is CNC(Cc1cccs1)Cc1cccc2ccccc12. The first kappa shape index (κ1) is 13.3. The molecule has 0 fully saturated rings. The number of thiophene rings is 1. The zero-order chi connectivity index (χ0) is 13.8. The van der Waals surface area contributed by atoms with Crippen LogP contribution in [0.15, 0.2) is 60.0 Å². The van der Waals surface area contributed by atoms with E-state index in [9.17, 15) is 0 Å². The van der Waals surface area contributed by atoms with Crippen molar-refractivity contribution >= 4 is 22.1 Å². The van der Waals surface area contributed by atoms with Crippen LogP contribution in [0.2, 0.25) is 0 Å². The molecule has 0 amide bonds. The third-order valence-corrected chi connectivity index (χ3v) is 4.68. The summed E-state index contributed by atoms with van der Waals surface area (Å²) in [4.78, 5) is 1.45. The molecule has 102 valence electrons. The molecule has 1 nitrogen and oxygen atoms in total. The number of rotatable bonds is 5. The summed E-state index contributed by atoms with van der Waals surface area (Å²) < 4.78 is 0. The highest BCUT2D eigenvalue weighted by Crippen LogP contribution is 2.21. The molecule has 1 N–H and O–H groups in total. The first-order valence-electron chi connectivity index (χ1n) is 7.03. The van der Waals surface area contributed by atoms with E-state index >= 15 is 0 Å². The molecule has 0 saturated heterocycles. The van der Waals surface area contributed by atoms with Crippen molar-refractivity contribution in [3.05, 3.63) is 70.4 Å². The Bertz CT molecular complexity index is 667. The maximum atomic E-state index is 3.46. The van der Waals surface area contributed by atoms with E-state index in [0.29, 0.717) is 6.04 Å². The minimum atomic E-state index is 0.486. The molecule has 0 aliphatic rings. The third-order valence-electron chi connectivity index (χ3n) is 3.78. The van der Waals surface area contributed by atoms with Gasteiger partial charge in [0, 0.05) is 10.9 Å². The van der Waals surface area contributed by atoms with Gasteiger partial charge in [-0.2, -0.15) is 0 Å². The highest BCUT2D eigenvalue weighted by atomic mass is 32.1. The van der Waals surface area contributed by atoms with Crippen LogP contribution >= 0.6 is 11.3 Å². The average Bonchev–Trinajstić information content (AvgIpc) is 3.00. The Hall–Kier alpha value is -1.64. The Kier molecular flexibility index (Phi) is 4.14.